The quantitative estimate of drug-likeness (QED) is 0.793. The molecule has 1 aliphatic rings. The molecular formula is C15H32N2O. The van der Waals surface area contributed by atoms with Gasteiger partial charge in [0.1, 0.15) is 0 Å². The Morgan fingerprint density at radius 3 is 2.61 bits per heavy atom. The van der Waals surface area contributed by atoms with Crippen LogP contribution in [0.4, 0.5) is 0 Å². The van der Waals surface area contributed by atoms with Gasteiger partial charge in [-0.05, 0) is 50.1 Å². The van der Waals surface area contributed by atoms with E-state index >= 15 is 0 Å². The van der Waals surface area contributed by atoms with Gasteiger partial charge >= 0.3 is 0 Å². The fourth-order valence-corrected chi connectivity index (χ4v) is 2.79. The van der Waals surface area contributed by atoms with E-state index in [-0.39, 0.29) is 0 Å². The highest BCUT2D eigenvalue weighted by molar-refractivity contribution is 4.75. The molecule has 3 heteroatoms. The summed E-state index contributed by atoms with van der Waals surface area (Å²) in [5, 5.41) is 0. The number of ether oxygens (including phenoxy) is 1. The van der Waals surface area contributed by atoms with E-state index in [4.69, 9.17) is 10.5 Å². The van der Waals surface area contributed by atoms with Crippen molar-refractivity contribution in [3.05, 3.63) is 0 Å². The van der Waals surface area contributed by atoms with Gasteiger partial charge in [-0.15, -0.1) is 0 Å². The first-order valence-electron chi connectivity index (χ1n) is 7.54. The summed E-state index contributed by atoms with van der Waals surface area (Å²) < 4.78 is 5.49. The number of nitrogens with zero attached hydrogens (tertiary/aromatic N) is 1. The Bertz CT molecular complexity index is 205. The molecule has 3 nitrogen and oxygen atoms in total. The van der Waals surface area contributed by atoms with E-state index in [1.54, 1.807) is 0 Å². The van der Waals surface area contributed by atoms with Crippen molar-refractivity contribution in [3.63, 3.8) is 0 Å². The molecule has 0 aliphatic carbocycles. The summed E-state index contributed by atoms with van der Waals surface area (Å²) in [6, 6.07) is 0. The summed E-state index contributed by atoms with van der Waals surface area (Å²) in [4.78, 5) is 2.55. The monoisotopic (exact) mass is 256 g/mol. The standard InChI is InChI=1S/C15H32N2O/c1-15(2,3)14(7-8-16)6-4-9-17-10-5-12-18-13-11-17/h14H,4-13,16H2,1-3H3. The summed E-state index contributed by atoms with van der Waals surface area (Å²) in [6.07, 6.45) is 4.94. The zero-order valence-electron chi connectivity index (χ0n) is 12.6. The van der Waals surface area contributed by atoms with E-state index < -0.39 is 0 Å². The van der Waals surface area contributed by atoms with E-state index in [1.165, 1.54) is 32.4 Å². The van der Waals surface area contributed by atoms with Crippen molar-refractivity contribution in [2.75, 3.05) is 39.4 Å². The van der Waals surface area contributed by atoms with E-state index in [2.05, 4.69) is 25.7 Å². The second-order valence-corrected chi connectivity index (χ2v) is 6.59. The lowest BCUT2D eigenvalue weighted by atomic mass is 9.76. The average molecular weight is 256 g/mol. The fraction of sp³-hybridized carbons (Fsp3) is 1.00. The second kappa shape index (κ2) is 8.13. The second-order valence-electron chi connectivity index (χ2n) is 6.59. The molecule has 108 valence electrons. The zero-order valence-corrected chi connectivity index (χ0v) is 12.6. The Hall–Kier alpha value is -0.120. The molecule has 0 amide bonds. The van der Waals surface area contributed by atoms with Crippen molar-refractivity contribution in [1.29, 1.82) is 0 Å². The van der Waals surface area contributed by atoms with E-state index in [0.717, 1.165) is 38.6 Å². The summed E-state index contributed by atoms with van der Waals surface area (Å²) in [7, 11) is 0. The van der Waals surface area contributed by atoms with Gasteiger partial charge in [0.25, 0.3) is 0 Å². The molecule has 0 aromatic carbocycles. The number of hydrogen-bond acceptors (Lipinski definition) is 3. The highest BCUT2D eigenvalue weighted by Gasteiger charge is 2.23. The van der Waals surface area contributed by atoms with Crippen molar-refractivity contribution in [3.8, 4) is 0 Å². The van der Waals surface area contributed by atoms with Crippen LogP contribution >= 0.6 is 0 Å². The molecule has 1 heterocycles. The molecule has 1 saturated heterocycles. The first kappa shape index (κ1) is 15.9. The topological polar surface area (TPSA) is 38.5 Å². The zero-order chi connectivity index (χ0) is 13.4. The van der Waals surface area contributed by atoms with Crippen LogP contribution in [0.3, 0.4) is 0 Å². The third kappa shape index (κ3) is 6.17. The molecule has 0 saturated carbocycles. The van der Waals surface area contributed by atoms with Crippen molar-refractivity contribution in [2.24, 2.45) is 17.1 Å². The largest absolute Gasteiger partial charge is 0.380 e. The van der Waals surface area contributed by atoms with Crippen LogP contribution in [0.2, 0.25) is 0 Å². The lowest BCUT2D eigenvalue weighted by Crippen LogP contribution is -2.29. The van der Waals surface area contributed by atoms with Gasteiger partial charge in [-0.1, -0.05) is 20.8 Å². The molecule has 1 unspecified atom stereocenters. The van der Waals surface area contributed by atoms with Gasteiger partial charge in [0.05, 0.1) is 6.61 Å². The number of rotatable bonds is 6. The molecule has 1 aliphatic heterocycles. The maximum absolute atomic E-state index is 5.73. The van der Waals surface area contributed by atoms with Gasteiger partial charge in [0.15, 0.2) is 0 Å². The predicted octanol–water partition coefficient (Wildman–Crippen LogP) is 2.50. The first-order chi connectivity index (χ1) is 8.54. The molecule has 0 bridgehead atoms. The van der Waals surface area contributed by atoms with Gasteiger partial charge < -0.3 is 15.4 Å². The Labute approximate surface area is 113 Å². The van der Waals surface area contributed by atoms with Crippen LogP contribution in [-0.2, 0) is 4.74 Å². The van der Waals surface area contributed by atoms with E-state index in [9.17, 15) is 0 Å². The third-order valence-electron chi connectivity index (χ3n) is 4.08. The number of hydrogen-bond donors (Lipinski definition) is 1. The Morgan fingerprint density at radius 2 is 1.94 bits per heavy atom. The van der Waals surface area contributed by atoms with Crippen LogP contribution in [0.15, 0.2) is 0 Å². The minimum atomic E-state index is 0.390. The molecule has 0 aromatic heterocycles. The minimum Gasteiger partial charge on any atom is -0.380 e. The van der Waals surface area contributed by atoms with E-state index in [1.807, 2.05) is 0 Å². The molecule has 2 N–H and O–H groups in total. The van der Waals surface area contributed by atoms with Gasteiger partial charge in [-0.25, -0.2) is 0 Å². The van der Waals surface area contributed by atoms with Crippen molar-refractivity contribution in [1.82, 2.24) is 4.90 Å². The summed E-state index contributed by atoms with van der Waals surface area (Å²) in [5.74, 6) is 0.755. The average Bonchev–Trinajstić information content (AvgIpc) is 2.55. The Kier molecular flexibility index (Phi) is 7.20. The predicted molar refractivity (Wildman–Crippen MR) is 77.7 cm³/mol. The van der Waals surface area contributed by atoms with E-state index in [0.29, 0.717) is 5.41 Å². The van der Waals surface area contributed by atoms with Crippen molar-refractivity contribution >= 4 is 0 Å². The minimum absolute atomic E-state index is 0.390. The summed E-state index contributed by atoms with van der Waals surface area (Å²) in [5.41, 5.74) is 6.12. The van der Waals surface area contributed by atoms with Crippen LogP contribution in [-0.4, -0.2) is 44.3 Å². The SMILES string of the molecule is CC(C)(C)C(CCN)CCCN1CCCOCC1. The highest BCUT2D eigenvalue weighted by Crippen LogP contribution is 2.32. The van der Waals surface area contributed by atoms with Gasteiger partial charge in [0, 0.05) is 19.7 Å². The molecule has 18 heavy (non-hydrogen) atoms. The van der Waals surface area contributed by atoms with Gasteiger partial charge in [0.2, 0.25) is 0 Å². The van der Waals surface area contributed by atoms with Gasteiger partial charge in [-0.3, -0.25) is 0 Å². The molecule has 0 spiro atoms. The molecular weight excluding hydrogens is 224 g/mol. The first-order valence-corrected chi connectivity index (χ1v) is 7.54. The molecule has 1 rings (SSSR count). The normalized spacial score (nSPS) is 20.7. The van der Waals surface area contributed by atoms with Crippen LogP contribution in [0.25, 0.3) is 0 Å². The third-order valence-corrected chi connectivity index (χ3v) is 4.08. The maximum Gasteiger partial charge on any atom is 0.0593 e. The highest BCUT2D eigenvalue weighted by atomic mass is 16.5. The lowest BCUT2D eigenvalue weighted by molar-refractivity contribution is 0.139. The summed E-state index contributed by atoms with van der Waals surface area (Å²) >= 11 is 0. The fourth-order valence-electron chi connectivity index (χ4n) is 2.79. The van der Waals surface area contributed by atoms with Gasteiger partial charge in [-0.2, -0.15) is 0 Å². The molecule has 0 aromatic rings. The van der Waals surface area contributed by atoms with Crippen LogP contribution in [0.5, 0.6) is 0 Å². The Morgan fingerprint density at radius 1 is 1.17 bits per heavy atom. The van der Waals surface area contributed by atoms with Crippen LogP contribution in [0.1, 0.15) is 46.5 Å². The molecule has 1 atom stereocenters. The van der Waals surface area contributed by atoms with Crippen molar-refractivity contribution < 1.29 is 4.74 Å². The van der Waals surface area contributed by atoms with Crippen LogP contribution in [0, 0.1) is 11.3 Å². The lowest BCUT2D eigenvalue weighted by Gasteiger charge is -2.31. The number of nitrogens with two attached hydrogens (primary N) is 1. The summed E-state index contributed by atoms with van der Waals surface area (Å²) in [6.45, 7) is 13.2. The molecule has 1 fully saturated rings. The van der Waals surface area contributed by atoms with Crippen molar-refractivity contribution in [2.45, 2.75) is 46.5 Å². The maximum atomic E-state index is 5.73. The molecule has 0 radical (unpaired) electrons. The Balaban J connectivity index is 2.25. The van der Waals surface area contributed by atoms with Crippen LogP contribution < -0.4 is 5.73 Å². The smallest absolute Gasteiger partial charge is 0.0593 e.